The maximum Gasteiger partial charge on any atom is 0.326 e. The number of rotatable bonds is 4. The number of amides is 1. The molecule has 1 aromatic carbocycles. The number of hydrogen-bond donors (Lipinski definition) is 3. The third-order valence-electron chi connectivity index (χ3n) is 3.32. The Morgan fingerprint density at radius 2 is 2.05 bits per heavy atom. The number of carbonyl (C=O) groups excluding carboxylic acids is 1. The zero-order valence-corrected chi connectivity index (χ0v) is 11.0. The van der Waals surface area contributed by atoms with E-state index < -0.39 is 18.1 Å². The molecule has 0 saturated heterocycles. The molecule has 5 heteroatoms. The topological polar surface area (TPSA) is 78.4 Å². The van der Waals surface area contributed by atoms with Crippen molar-refractivity contribution in [2.75, 3.05) is 5.32 Å². The molecule has 1 amide bonds. The molecule has 0 fully saturated rings. The minimum atomic E-state index is -1.00. The van der Waals surface area contributed by atoms with E-state index in [-0.39, 0.29) is 11.8 Å². The Morgan fingerprint density at radius 1 is 1.37 bits per heavy atom. The van der Waals surface area contributed by atoms with Gasteiger partial charge in [0.25, 0.3) is 0 Å². The van der Waals surface area contributed by atoms with E-state index in [2.05, 4.69) is 10.6 Å². The van der Waals surface area contributed by atoms with Crippen molar-refractivity contribution >= 4 is 17.6 Å². The average Bonchev–Trinajstić information content (AvgIpc) is 2.78. The van der Waals surface area contributed by atoms with Gasteiger partial charge in [0, 0.05) is 12.1 Å². The van der Waals surface area contributed by atoms with Gasteiger partial charge in [-0.25, -0.2) is 4.79 Å². The van der Waals surface area contributed by atoms with Crippen LogP contribution in [0.1, 0.15) is 19.4 Å². The third-order valence-corrected chi connectivity index (χ3v) is 3.32. The molecule has 0 radical (unpaired) electrons. The molecule has 1 heterocycles. The molecule has 1 aliphatic rings. The van der Waals surface area contributed by atoms with E-state index in [4.69, 9.17) is 5.11 Å². The maximum absolute atomic E-state index is 12.1. The zero-order chi connectivity index (χ0) is 14.0. The van der Waals surface area contributed by atoms with E-state index >= 15 is 0 Å². The van der Waals surface area contributed by atoms with E-state index in [0.717, 1.165) is 11.3 Å². The number of fused-ring (bicyclic) bond motifs is 1. The molecule has 2 rings (SSSR count). The molecule has 1 aromatic rings. The molecular weight excluding hydrogens is 244 g/mol. The summed E-state index contributed by atoms with van der Waals surface area (Å²) in [4.78, 5) is 23.2. The molecule has 3 N–H and O–H groups in total. The Labute approximate surface area is 112 Å². The molecule has 0 spiro atoms. The summed E-state index contributed by atoms with van der Waals surface area (Å²) in [5.41, 5.74) is 2.03. The zero-order valence-electron chi connectivity index (χ0n) is 11.0. The highest BCUT2D eigenvalue weighted by atomic mass is 16.4. The van der Waals surface area contributed by atoms with Crippen LogP contribution in [0.2, 0.25) is 0 Å². The summed E-state index contributed by atoms with van der Waals surface area (Å²) in [6.45, 7) is 3.55. The van der Waals surface area contributed by atoms with Crippen LogP contribution >= 0.6 is 0 Å². The number of benzene rings is 1. The summed E-state index contributed by atoms with van der Waals surface area (Å²) in [6.07, 6.45) is 0.590. The van der Waals surface area contributed by atoms with Crippen molar-refractivity contribution < 1.29 is 14.7 Å². The molecule has 2 atom stereocenters. The predicted octanol–water partition coefficient (Wildman–Crippen LogP) is 1.25. The fourth-order valence-electron chi connectivity index (χ4n) is 2.22. The Hall–Kier alpha value is -2.04. The maximum atomic E-state index is 12.1. The van der Waals surface area contributed by atoms with Crippen LogP contribution in [-0.4, -0.2) is 29.1 Å². The second kappa shape index (κ2) is 5.30. The van der Waals surface area contributed by atoms with Crippen LogP contribution in [0.15, 0.2) is 24.3 Å². The first-order chi connectivity index (χ1) is 8.99. The van der Waals surface area contributed by atoms with Crippen molar-refractivity contribution in [1.82, 2.24) is 5.32 Å². The lowest BCUT2D eigenvalue weighted by molar-refractivity contribution is -0.143. The van der Waals surface area contributed by atoms with Gasteiger partial charge in [0.2, 0.25) is 5.91 Å². The van der Waals surface area contributed by atoms with Crippen LogP contribution in [0.4, 0.5) is 5.69 Å². The highest BCUT2D eigenvalue weighted by Crippen LogP contribution is 2.25. The number of aliphatic carboxylic acids is 1. The summed E-state index contributed by atoms with van der Waals surface area (Å²) in [6, 6.07) is 6.47. The third kappa shape index (κ3) is 2.86. The SMILES string of the molecule is CC(C)[C@H](NC(=O)C1Cc2ccccc2N1)C(=O)O. The summed E-state index contributed by atoms with van der Waals surface area (Å²) >= 11 is 0. The quantitative estimate of drug-likeness (QED) is 0.763. The average molecular weight is 262 g/mol. The van der Waals surface area contributed by atoms with Gasteiger partial charge in [-0.1, -0.05) is 32.0 Å². The fraction of sp³-hybridized carbons (Fsp3) is 0.429. The van der Waals surface area contributed by atoms with Crippen LogP contribution in [0.25, 0.3) is 0 Å². The lowest BCUT2D eigenvalue weighted by Gasteiger charge is -2.20. The molecule has 0 bridgehead atoms. The number of para-hydroxylation sites is 1. The number of hydrogen-bond acceptors (Lipinski definition) is 3. The summed E-state index contributed by atoms with van der Waals surface area (Å²) in [5, 5.41) is 14.8. The van der Waals surface area contributed by atoms with Crippen LogP contribution < -0.4 is 10.6 Å². The molecule has 5 nitrogen and oxygen atoms in total. The first-order valence-corrected chi connectivity index (χ1v) is 6.36. The normalized spacial score (nSPS) is 18.6. The molecular formula is C14H18N2O3. The summed E-state index contributed by atoms with van der Waals surface area (Å²) in [7, 11) is 0. The van der Waals surface area contributed by atoms with E-state index in [1.54, 1.807) is 13.8 Å². The van der Waals surface area contributed by atoms with Crippen LogP contribution in [-0.2, 0) is 16.0 Å². The second-order valence-electron chi connectivity index (χ2n) is 5.13. The number of carboxylic acids is 1. The van der Waals surface area contributed by atoms with E-state index in [1.165, 1.54) is 0 Å². The molecule has 102 valence electrons. The van der Waals surface area contributed by atoms with Crippen molar-refractivity contribution in [3.63, 3.8) is 0 Å². The largest absolute Gasteiger partial charge is 0.480 e. The van der Waals surface area contributed by atoms with E-state index in [0.29, 0.717) is 6.42 Å². The monoisotopic (exact) mass is 262 g/mol. The van der Waals surface area contributed by atoms with Crippen LogP contribution in [0.3, 0.4) is 0 Å². The molecule has 0 aromatic heterocycles. The Morgan fingerprint density at radius 3 is 2.63 bits per heavy atom. The smallest absolute Gasteiger partial charge is 0.326 e. The number of carbonyl (C=O) groups is 2. The molecule has 0 aliphatic carbocycles. The summed E-state index contributed by atoms with van der Waals surface area (Å²) < 4.78 is 0. The van der Waals surface area contributed by atoms with Gasteiger partial charge >= 0.3 is 5.97 Å². The Balaban J connectivity index is 2.01. The standard InChI is InChI=1S/C14H18N2O3/c1-8(2)12(14(18)19)16-13(17)11-7-9-5-3-4-6-10(9)15-11/h3-6,8,11-12,15H,7H2,1-2H3,(H,16,17)(H,18,19)/t11?,12-/m0/s1. The highest BCUT2D eigenvalue weighted by molar-refractivity contribution is 5.90. The van der Waals surface area contributed by atoms with Crippen molar-refractivity contribution in [2.24, 2.45) is 5.92 Å². The van der Waals surface area contributed by atoms with Gasteiger partial charge in [-0.05, 0) is 17.5 Å². The van der Waals surface area contributed by atoms with Gasteiger partial charge in [0.1, 0.15) is 12.1 Å². The van der Waals surface area contributed by atoms with Crippen molar-refractivity contribution in [3.05, 3.63) is 29.8 Å². The first kappa shape index (κ1) is 13.4. The van der Waals surface area contributed by atoms with Gasteiger partial charge in [0.15, 0.2) is 0 Å². The van der Waals surface area contributed by atoms with Gasteiger partial charge < -0.3 is 15.7 Å². The van der Waals surface area contributed by atoms with Gasteiger partial charge in [-0.15, -0.1) is 0 Å². The fourth-order valence-corrected chi connectivity index (χ4v) is 2.22. The minimum absolute atomic E-state index is 0.148. The molecule has 0 saturated carbocycles. The van der Waals surface area contributed by atoms with Crippen molar-refractivity contribution in [1.29, 1.82) is 0 Å². The second-order valence-corrected chi connectivity index (χ2v) is 5.13. The predicted molar refractivity (Wildman–Crippen MR) is 72.0 cm³/mol. The first-order valence-electron chi connectivity index (χ1n) is 6.36. The van der Waals surface area contributed by atoms with E-state index in [1.807, 2.05) is 24.3 Å². The van der Waals surface area contributed by atoms with Crippen LogP contribution in [0.5, 0.6) is 0 Å². The summed E-state index contributed by atoms with van der Waals surface area (Å²) in [5.74, 6) is -1.42. The molecule has 1 aliphatic heterocycles. The number of anilines is 1. The Bertz CT molecular complexity index is 474. The number of carboxylic acid groups (broad SMARTS) is 1. The lowest BCUT2D eigenvalue weighted by Crippen LogP contribution is -2.49. The van der Waals surface area contributed by atoms with Crippen molar-refractivity contribution in [2.45, 2.75) is 32.4 Å². The Kier molecular flexibility index (Phi) is 3.74. The van der Waals surface area contributed by atoms with Gasteiger partial charge in [-0.2, -0.15) is 0 Å². The van der Waals surface area contributed by atoms with Gasteiger partial charge in [0.05, 0.1) is 0 Å². The lowest BCUT2D eigenvalue weighted by atomic mass is 10.0. The van der Waals surface area contributed by atoms with Crippen LogP contribution in [0, 0.1) is 5.92 Å². The van der Waals surface area contributed by atoms with E-state index in [9.17, 15) is 9.59 Å². The molecule has 19 heavy (non-hydrogen) atoms. The number of nitrogens with one attached hydrogen (secondary N) is 2. The molecule has 1 unspecified atom stereocenters. The minimum Gasteiger partial charge on any atom is -0.480 e. The van der Waals surface area contributed by atoms with Crippen molar-refractivity contribution in [3.8, 4) is 0 Å². The highest BCUT2D eigenvalue weighted by Gasteiger charge is 2.30. The van der Waals surface area contributed by atoms with Gasteiger partial charge in [-0.3, -0.25) is 4.79 Å².